The van der Waals surface area contributed by atoms with E-state index in [1.807, 2.05) is 42.2 Å². The molecule has 148 valence electrons. The monoisotopic (exact) mass is 446 g/mol. The Morgan fingerprint density at radius 2 is 1.86 bits per heavy atom. The first-order chi connectivity index (χ1) is 13.6. The number of amides is 1. The van der Waals surface area contributed by atoms with Crippen LogP contribution in [0.25, 0.3) is 0 Å². The Labute approximate surface area is 173 Å². The minimum atomic E-state index is 0.0308. The average molecular weight is 447 g/mol. The van der Waals surface area contributed by atoms with Crippen LogP contribution < -0.4 is 14.2 Å². The molecule has 1 saturated heterocycles. The van der Waals surface area contributed by atoms with Crippen LogP contribution in [0.5, 0.6) is 17.2 Å². The van der Waals surface area contributed by atoms with Crippen LogP contribution >= 0.6 is 15.9 Å². The van der Waals surface area contributed by atoms with Gasteiger partial charge in [0.15, 0.2) is 18.1 Å². The molecule has 2 aliphatic rings. The smallest absolute Gasteiger partial charge is 0.260 e. The summed E-state index contributed by atoms with van der Waals surface area (Å²) >= 11 is 3.47. The van der Waals surface area contributed by atoms with Crippen molar-refractivity contribution in [2.75, 3.05) is 39.6 Å². The van der Waals surface area contributed by atoms with Crippen molar-refractivity contribution in [2.45, 2.75) is 13.5 Å². The summed E-state index contributed by atoms with van der Waals surface area (Å²) in [7, 11) is 0. The first-order valence-corrected chi connectivity index (χ1v) is 10.2. The number of carbonyl (C=O) groups is 1. The van der Waals surface area contributed by atoms with Gasteiger partial charge in [-0.3, -0.25) is 9.69 Å². The van der Waals surface area contributed by atoms with Crippen LogP contribution in [0.1, 0.15) is 11.1 Å². The van der Waals surface area contributed by atoms with Crippen LogP contribution in [0, 0.1) is 6.92 Å². The van der Waals surface area contributed by atoms with Crippen molar-refractivity contribution in [1.29, 1.82) is 0 Å². The minimum absolute atomic E-state index is 0.0308. The fourth-order valence-electron chi connectivity index (χ4n) is 3.40. The lowest BCUT2D eigenvalue weighted by Gasteiger charge is -2.34. The van der Waals surface area contributed by atoms with Gasteiger partial charge in [0.25, 0.3) is 5.91 Å². The maximum absolute atomic E-state index is 12.5. The first-order valence-electron chi connectivity index (χ1n) is 9.36. The van der Waals surface area contributed by atoms with Crippen molar-refractivity contribution >= 4 is 21.8 Å². The van der Waals surface area contributed by atoms with Crippen LogP contribution in [0.15, 0.2) is 40.9 Å². The summed E-state index contributed by atoms with van der Waals surface area (Å²) in [6.07, 6.45) is 0. The number of carbonyl (C=O) groups excluding carboxylic acids is 1. The van der Waals surface area contributed by atoms with Crippen LogP contribution in [0.2, 0.25) is 0 Å². The number of halogens is 1. The highest BCUT2D eigenvalue weighted by molar-refractivity contribution is 9.10. The molecule has 0 radical (unpaired) electrons. The van der Waals surface area contributed by atoms with Gasteiger partial charge in [-0.1, -0.05) is 22.0 Å². The zero-order valence-electron chi connectivity index (χ0n) is 15.8. The predicted molar refractivity (Wildman–Crippen MR) is 109 cm³/mol. The number of nitrogens with zero attached hydrogens (tertiary/aromatic N) is 2. The average Bonchev–Trinajstić information content (AvgIpc) is 3.17. The molecule has 28 heavy (non-hydrogen) atoms. The molecule has 1 amide bonds. The van der Waals surface area contributed by atoms with Crippen molar-refractivity contribution < 1.29 is 19.0 Å². The summed E-state index contributed by atoms with van der Waals surface area (Å²) in [5.74, 6) is 2.37. The molecule has 0 saturated carbocycles. The van der Waals surface area contributed by atoms with Gasteiger partial charge in [-0.2, -0.15) is 0 Å². The van der Waals surface area contributed by atoms with E-state index in [2.05, 4.69) is 26.9 Å². The Kier molecular flexibility index (Phi) is 5.73. The van der Waals surface area contributed by atoms with Crippen LogP contribution in [-0.4, -0.2) is 55.3 Å². The fourth-order valence-corrected chi connectivity index (χ4v) is 3.64. The summed E-state index contributed by atoms with van der Waals surface area (Å²) in [5, 5.41) is 0. The summed E-state index contributed by atoms with van der Waals surface area (Å²) in [5.41, 5.74) is 2.28. The molecular weight excluding hydrogens is 424 g/mol. The minimum Gasteiger partial charge on any atom is -0.484 e. The topological polar surface area (TPSA) is 51.2 Å². The Morgan fingerprint density at radius 3 is 2.64 bits per heavy atom. The normalized spacial score (nSPS) is 16.3. The van der Waals surface area contributed by atoms with E-state index in [0.717, 1.165) is 46.9 Å². The number of piperazine rings is 1. The van der Waals surface area contributed by atoms with E-state index in [0.29, 0.717) is 19.9 Å². The van der Waals surface area contributed by atoms with Gasteiger partial charge in [0.1, 0.15) is 5.75 Å². The van der Waals surface area contributed by atoms with E-state index in [1.165, 1.54) is 5.56 Å². The van der Waals surface area contributed by atoms with Crippen LogP contribution in [0.4, 0.5) is 0 Å². The lowest BCUT2D eigenvalue weighted by Crippen LogP contribution is -2.49. The number of ether oxygens (including phenoxy) is 3. The third-order valence-electron chi connectivity index (χ3n) is 5.06. The van der Waals surface area contributed by atoms with E-state index in [1.54, 1.807) is 0 Å². The van der Waals surface area contributed by atoms with E-state index < -0.39 is 0 Å². The lowest BCUT2D eigenvalue weighted by molar-refractivity contribution is -0.135. The van der Waals surface area contributed by atoms with Gasteiger partial charge in [0.2, 0.25) is 6.79 Å². The number of fused-ring (bicyclic) bond motifs is 1. The molecule has 0 bridgehead atoms. The van der Waals surface area contributed by atoms with Gasteiger partial charge in [-0.15, -0.1) is 0 Å². The van der Waals surface area contributed by atoms with Crippen LogP contribution in [0.3, 0.4) is 0 Å². The number of rotatable bonds is 5. The maximum Gasteiger partial charge on any atom is 0.260 e. The molecule has 2 aliphatic heterocycles. The molecule has 0 unspecified atom stereocenters. The zero-order valence-corrected chi connectivity index (χ0v) is 17.4. The van der Waals surface area contributed by atoms with Crippen molar-refractivity contribution in [3.05, 3.63) is 52.0 Å². The van der Waals surface area contributed by atoms with E-state index in [9.17, 15) is 4.79 Å². The molecule has 0 N–H and O–H groups in total. The fraction of sp³-hybridized carbons (Fsp3) is 0.381. The van der Waals surface area contributed by atoms with Crippen molar-refractivity contribution in [3.63, 3.8) is 0 Å². The highest BCUT2D eigenvalue weighted by atomic mass is 79.9. The standard InChI is InChI=1S/C21H23BrN2O4/c1-15-10-17(3-4-18(15)22)26-13-21(25)24-8-6-23(7-9-24)12-16-2-5-19-20(11-16)28-14-27-19/h2-5,10-11H,6-9,12-14H2,1H3. The van der Waals surface area contributed by atoms with Gasteiger partial charge >= 0.3 is 0 Å². The molecule has 4 rings (SSSR count). The Morgan fingerprint density at radius 1 is 1.07 bits per heavy atom. The number of hydrogen-bond acceptors (Lipinski definition) is 5. The van der Waals surface area contributed by atoms with E-state index in [4.69, 9.17) is 14.2 Å². The van der Waals surface area contributed by atoms with Gasteiger partial charge in [0, 0.05) is 37.2 Å². The van der Waals surface area contributed by atoms with Gasteiger partial charge in [-0.25, -0.2) is 0 Å². The molecule has 0 atom stereocenters. The highest BCUT2D eigenvalue weighted by Gasteiger charge is 2.22. The molecule has 1 fully saturated rings. The maximum atomic E-state index is 12.5. The molecule has 0 aliphatic carbocycles. The Hall–Kier alpha value is -2.25. The second kappa shape index (κ2) is 8.41. The summed E-state index contributed by atoms with van der Waals surface area (Å²) in [4.78, 5) is 16.7. The van der Waals surface area contributed by atoms with Crippen molar-refractivity contribution in [1.82, 2.24) is 9.80 Å². The molecular formula is C21H23BrN2O4. The summed E-state index contributed by atoms with van der Waals surface area (Å²) < 4.78 is 17.5. The summed E-state index contributed by atoms with van der Waals surface area (Å²) in [6, 6.07) is 11.8. The van der Waals surface area contributed by atoms with Crippen molar-refractivity contribution in [3.8, 4) is 17.2 Å². The highest BCUT2D eigenvalue weighted by Crippen LogP contribution is 2.32. The SMILES string of the molecule is Cc1cc(OCC(=O)N2CCN(Cc3ccc4c(c3)OCO4)CC2)ccc1Br. The molecule has 2 aromatic carbocycles. The molecule has 0 spiro atoms. The molecule has 6 nitrogen and oxygen atoms in total. The van der Waals surface area contributed by atoms with Gasteiger partial charge in [0.05, 0.1) is 0 Å². The van der Waals surface area contributed by atoms with Gasteiger partial charge in [-0.05, 0) is 48.4 Å². The zero-order chi connectivity index (χ0) is 19.5. The van der Waals surface area contributed by atoms with Crippen molar-refractivity contribution in [2.24, 2.45) is 0 Å². The Bertz CT molecular complexity index is 865. The molecule has 2 aromatic rings. The summed E-state index contributed by atoms with van der Waals surface area (Å²) in [6.45, 7) is 6.32. The van der Waals surface area contributed by atoms with E-state index in [-0.39, 0.29) is 12.5 Å². The predicted octanol–water partition coefficient (Wildman–Crippen LogP) is 3.21. The second-order valence-corrected chi connectivity index (χ2v) is 7.90. The third kappa shape index (κ3) is 4.42. The van der Waals surface area contributed by atoms with E-state index >= 15 is 0 Å². The lowest BCUT2D eigenvalue weighted by atomic mass is 10.1. The number of benzene rings is 2. The largest absolute Gasteiger partial charge is 0.484 e. The van der Waals surface area contributed by atoms with Crippen LogP contribution in [-0.2, 0) is 11.3 Å². The van der Waals surface area contributed by atoms with Gasteiger partial charge < -0.3 is 19.1 Å². The molecule has 2 heterocycles. The Balaban J connectivity index is 1.24. The number of aryl methyl sites for hydroxylation is 1. The number of hydrogen-bond donors (Lipinski definition) is 0. The first kappa shape index (κ1) is 19.1. The quantitative estimate of drug-likeness (QED) is 0.705. The molecule has 0 aromatic heterocycles. The second-order valence-electron chi connectivity index (χ2n) is 7.04. The third-order valence-corrected chi connectivity index (χ3v) is 5.95. The molecule has 7 heteroatoms.